The van der Waals surface area contributed by atoms with Gasteiger partial charge in [0.05, 0.1) is 31.2 Å². The Labute approximate surface area is 112 Å². The van der Waals surface area contributed by atoms with E-state index in [-0.39, 0.29) is 6.04 Å². The van der Waals surface area contributed by atoms with E-state index in [9.17, 15) is 0 Å². The summed E-state index contributed by atoms with van der Waals surface area (Å²) in [5.41, 5.74) is 0.981. The van der Waals surface area contributed by atoms with Crippen molar-refractivity contribution in [2.45, 2.75) is 24.4 Å². The van der Waals surface area contributed by atoms with Crippen LogP contribution in [-0.4, -0.2) is 26.5 Å². The summed E-state index contributed by atoms with van der Waals surface area (Å²) in [6, 6.07) is 5.85. The lowest BCUT2D eigenvalue weighted by atomic mass is 10.1. The quantitative estimate of drug-likeness (QED) is 0.801. The number of nitriles is 1. The number of hydrogen-bond acceptors (Lipinski definition) is 5. The Balaban J connectivity index is 2.99. The second-order valence-electron chi connectivity index (χ2n) is 3.75. The second kappa shape index (κ2) is 7.14. The number of nitrogens with zero attached hydrogens (tertiary/aromatic N) is 1. The van der Waals surface area contributed by atoms with Gasteiger partial charge in [0, 0.05) is 12.1 Å². The molecule has 1 unspecified atom stereocenters. The van der Waals surface area contributed by atoms with Gasteiger partial charge in [-0.15, -0.1) is 11.8 Å². The third-order valence-corrected chi connectivity index (χ3v) is 3.34. The van der Waals surface area contributed by atoms with Gasteiger partial charge < -0.3 is 9.47 Å². The third kappa shape index (κ3) is 3.56. The van der Waals surface area contributed by atoms with Crippen LogP contribution in [0.2, 0.25) is 0 Å². The molecule has 0 aliphatic heterocycles. The molecule has 0 aliphatic carbocycles. The Morgan fingerprint density at radius 1 is 1.33 bits per heavy atom. The molecule has 0 radical (unpaired) electrons. The molecule has 1 atom stereocenters. The first-order chi connectivity index (χ1) is 8.65. The fourth-order valence-electron chi connectivity index (χ4n) is 1.54. The highest BCUT2D eigenvalue weighted by molar-refractivity contribution is 7.98. The number of ether oxygens (including phenoxy) is 2. The number of nitrogens with one attached hydrogen (secondary N) is 1. The summed E-state index contributed by atoms with van der Waals surface area (Å²) in [6.45, 7) is 2.39. The van der Waals surface area contributed by atoms with Crippen LogP contribution in [0.5, 0.6) is 11.5 Å². The zero-order valence-corrected chi connectivity index (χ0v) is 11.9. The SMILES string of the molecule is COc1cc(SC)c(OC)cc1CNC(C)C#N. The van der Waals surface area contributed by atoms with Gasteiger partial charge in [0.2, 0.25) is 0 Å². The van der Waals surface area contributed by atoms with E-state index in [0.717, 1.165) is 22.0 Å². The molecule has 18 heavy (non-hydrogen) atoms. The van der Waals surface area contributed by atoms with Gasteiger partial charge in [-0.25, -0.2) is 0 Å². The topological polar surface area (TPSA) is 54.3 Å². The predicted molar refractivity (Wildman–Crippen MR) is 73.2 cm³/mol. The molecule has 1 N–H and O–H groups in total. The van der Waals surface area contributed by atoms with Crippen molar-refractivity contribution in [3.8, 4) is 17.6 Å². The number of rotatable bonds is 6. The predicted octanol–water partition coefficient (Wildman–Crippen LogP) is 2.43. The van der Waals surface area contributed by atoms with Crippen LogP contribution in [0.4, 0.5) is 0 Å². The van der Waals surface area contributed by atoms with Crippen molar-refractivity contribution in [1.82, 2.24) is 5.32 Å². The minimum Gasteiger partial charge on any atom is -0.496 e. The van der Waals surface area contributed by atoms with E-state index in [1.54, 1.807) is 26.0 Å². The van der Waals surface area contributed by atoms with Crippen LogP contribution in [0.3, 0.4) is 0 Å². The molecule has 4 nitrogen and oxygen atoms in total. The molecular weight excluding hydrogens is 248 g/mol. The maximum Gasteiger partial charge on any atom is 0.132 e. The van der Waals surface area contributed by atoms with Crippen LogP contribution < -0.4 is 14.8 Å². The monoisotopic (exact) mass is 266 g/mol. The van der Waals surface area contributed by atoms with Crippen LogP contribution >= 0.6 is 11.8 Å². The Bertz CT molecular complexity index is 443. The normalized spacial score (nSPS) is 11.7. The highest BCUT2D eigenvalue weighted by Gasteiger charge is 2.11. The maximum atomic E-state index is 8.75. The van der Waals surface area contributed by atoms with Gasteiger partial charge in [-0.2, -0.15) is 5.26 Å². The molecule has 0 aliphatic rings. The Morgan fingerprint density at radius 3 is 2.50 bits per heavy atom. The highest BCUT2D eigenvalue weighted by atomic mass is 32.2. The van der Waals surface area contributed by atoms with E-state index in [2.05, 4.69) is 11.4 Å². The van der Waals surface area contributed by atoms with Gasteiger partial charge >= 0.3 is 0 Å². The summed E-state index contributed by atoms with van der Waals surface area (Å²) >= 11 is 1.61. The summed E-state index contributed by atoms with van der Waals surface area (Å²) in [5, 5.41) is 11.9. The van der Waals surface area contributed by atoms with Gasteiger partial charge in [0.25, 0.3) is 0 Å². The molecule has 0 saturated carbocycles. The summed E-state index contributed by atoms with van der Waals surface area (Å²) in [7, 11) is 3.29. The van der Waals surface area contributed by atoms with Gasteiger partial charge in [0.15, 0.2) is 0 Å². The van der Waals surface area contributed by atoms with Crippen LogP contribution in [0.15, 0.2) is 17.0 Å². The minimum absolute atomic E-state index is 0.194. The van der Waals surface area contributed by atoms with E-state index < -0.39 is 0 Å². The zero-order chi connectivity index (χ0) is 13.5. The van der Waals surface area contributed by atoms with Crippen molar-refractivity contribution in [3.05, 3.63) is 17.7 Å². The van der Waals surface area contributed by atoms with Crippen molar-refractivity contribution in [3.63, 3.8) is 0 Å². The molecule has 0 aromatic heterocycles. The van der Waals surface area contributed by atoms with E-state index in [0.29, 0.717) is 6.54 Å². The zero-order valence-electron chi connectivity index (χ0n) is 11.1. The smallest absolute Gasteiger partial charge is 0.132 e. The Kier molecular flexibility index (Phi) is 5.83. The Morgan fingerprint density at radius 2 is 2.00 bits per heavy atom. The first-order valence-corrected chi connectivity index (χ1v) is 6.80. The van der Waals surface area contributed by atoms with Gasteiger partial charge in [0.1, 0.15) is 11.5 Å². The molecule has 1 aromatic carbocycles. The lowest BCUT2D eigenvalue weighted by Gasteiger charge is -2.14. The van der Waals surface area contributed by atoms with E-state index in [4.69, 9.17) is 14.7 Å². The average molecular weight is 266 g/mol. The van der Waals surface area contributed by atoms with Crippen molar-refractivity contribution >= 4 is 11.8 Å². The molecule has 0 heterocycles. The van der Waals surface area contributed by atoms with Crippen molar-refractivity contribution < 1.29 is 9.47 Å². The maximum absolute atomic E-state index is 8.75. The minimum atomic E-state index is -0.194. The molecular formula is C13H18N2O2S. The van der Waals surface area contributed by atoms with Crippen molar-refractivity contribution in [1.29, 1.82) is 5.26 Å². The fraction of sp³-hybridized carbons (Fsp3) is 0.462. The van der Waals surface area contributed by atoms with Crippen LogP contribution in [-0.2, 0) is 6.54 Å². The number of hydrogen-bond donors (Lipinski definition) is 1. The number of benzene rings is 1. The summed E-state index contributed by atoms with van der Waals surface area (Å²) in [4.78, 5) is 1.03. The summed E-state index contributed by atoms with van der Waals surface area (Å²) < 4.78 is 10.7. The van der Waals surface area contributed by atoms with Crippen LogP contribution in [0.1, 0.15) is 12.5 Å². The van der Waals surface area contributed by atoms with Crippen molar-refractivity contribution in [2.24, 2.45) is 0 Å². The molecule has 98 valence electrons. The van der Waals surface area contributed by atoms with E-state index in [1.807, 2.05) is 25.3 Å². The summed E-state index contributed by atoms with van der Waals surface area (Å²) in [5.74, 6) is 1.63. The third-order valence-electron chi connectivity index (χ3n) is 2.58. The molecule has 1 rings (SSSR count). The van der Waals surface area contributed by atoms with E-state index in [1.165, 1.54) is 0 Å². The van der Waals surface area contributed by atoms with Crippen LogP contribution in [0, 0.1) is 11.3 Å². The summed E-state index contributed by atoms with van der Waals surface area (Å²) in [6.07, 6.45) is 1.99. The molecule has 0 saturated heterocycles. The second-order valence-corrected chi connectivity index (χ2v) is 4.60. The first kappa shape index (κ1) is 14.7. The lowest BCUT2D eigenvalue weighted by Crippen LogP contribution is -2.23. The first-order valence-electron chi connectivity index (χ1n) is 5.58. The molecule has 0 amide bonds. The molecule has 5 heteroatoms. The highest BCUT2D eigenvalue weighted by Crippen LogP contribution is 2.34. The molecule has 0 bridgehead atoms. The van der Waals surface area contributed by atoms with Gasteiger partial charge in [-0.3, -0.25) is 5.32 Å². The van der Waals surface area contributed by atoms with Crippen LogP contribution in [0.25, 0.3) is 0 Å². The van der Waals surface area contributed by atoms with Crippen molar-refractivity contribution in [2.75, 3.05) is 20.5 Å². The Hall–Kier alpha value is -1.38. The average Bonchev–Trinajstić information content (AvgIpc) is 2.43. The largest absolute Gasteiger partial charge is 0.496 e. The van der Waals surface area contributed by atoms with E-state index >= 15 is 0 Å². The molecule has 0 spiro atoms. The number of thioether (sulfide) groups is 1. The standard InChI is InChI=1S/C13H18N2O2S/c1-9(7-14)15-8-10-5-12(17-3)13(18-4)6-11(10)16-2/h5-6,9,15H,8H2,1-4H3. The van der Waals surface area contributed by atoms with Gasteiger partial charge in [-0.05, 0) is 25.3 Å². The molecule has 0 fully saturated rings. The molecule has 1 aromatic rings. The lowest BCUT2D eigenvalue weighted by molar-refractivity contribution is 0.389. The number of methoxy groups -OCH3 is 2. The fourth-order valence-corrected chi connectivity index (χ4v) is 2.11. The van der Waals surface area contributed by atoms with Gasteiger partial charge in [-0.1, -0.05) is 0 Å².